The molecule has 3 heteroatoms. The average molecular weight is 326 g/mol. The zero-order valence-corrected chi connectivity index (χ0v) is 12.5. The van der Waals surface area contributed by atoms with Crippen LogP contribution in [-0.4, -0.2) is 0 Å². The average Bonchev–Trinajstić information content (AvgIpc) is 2.39. The van der Waals surface area contributed by atoms with E-state index in [1.807, 2.05) is 36.4 Å². The summed E-state index contributed by atoms with van der Waals surface area (Å²) in [5.74, 6) is 1.66. The molecule has 1 nitrogen and oxygen atoms in total. The standard InChI is InChI=1S/C15H14BrClO/c1-2-11-5-3-4-6-15(11)18-13-8-7-12(10-16)14(17)9-13/h3-9H,2,10H2,1H3. The van der Waals surface area contributed by atoms with Crippen molar-refractivity contribution in [2.45, 2.75) is 18.7 Å². The van der Waals surface area contributed by atoms with Crippen LogP contribution in [0.15, 0.2) is 42.5 Å². The van der Waals surface area contributed by atoms with Crippen molar-refractivity contribution < 1.29 is 4.74 Å². The third-order valence-corrected chi connectivity index (χ3v) is 3.71. The van der Waals surface area contributed by atoms with Gasteiger partial charge in [-0.25, -0.2) is 0 Å². The number of rotatable bonds is 4. The number of para-hydroxylation sites is 1. The molecular weight excluding hydrogens is 312 g/mol. The maximum atomic E-state index is 6.16. The van der Waals surface area contributed by atoms with Crippen LogP contribution < -0.4 is 4.74 Å². The molecule has 0 saturated heterocycles. The molecule has 2 aromatic carbocycles. The molecule has 0 saturated carbocycles. The van der Waals surface area contributed by atoms with E-state index in [9.17, 15) is 0 Å². The zero-order chi connectivity index (χ0) is 13.0. The van der Waals surface area contributed by atoms with E-state index in [1.165, 1.54) is 5.56 Å². The molecule has 2 rings (SSSR count). The van der Waals surface area contributed by atoms with E-state index in [0.29, 0.717) is 0 Å². The van der Waals surface area contributed by atoms with Crippen LogP contribution in [0.1, 0.15) is 18.1 Å². The quantitative estimate of drug-likeness (QED) is 0.666. The zero-order valence-electron chi connectivity index (χ0n) is 10.1. The first kappa shape index (κ1) is 13.4. The molecule has 18 heavy (non-hydrogen) atoms. The Hall–Kier alpha value is -0.990. The van der Waals surface area contributed by atoms with Crippen molar-refractivity contribution in [1.82, 2.24) is 0 Å². The number of halogens is 2. The molecule has 0 unspecified atom stereocenters. The Labute approximate surface area is 121 Å². The minimum absolute atomic E-state index is 0.721. The number of alkyl halides is 1. The van der Waals surface area contributed by atoms with Gasteiger partial charge in [0, 0.05) is 10.4 Å². The van der Waals surface area contributed by atoms with Crippen LogP contribution in [0.25, 0.3) is 0 Å². The highest BCUT2D eigenvalue weighted by Crippen LogP contribution is 2.29. The molecule has 0 spiro atoms. The summed E-state index contributed by atoms with van der Waals surface area (Å²) >= 11 is 9.56. The predicted molar refractivity (Wildman–Crippen MR) is 80.0 cm³/mol. The first-order chi connectivity index (χ1) is 8.74. The van der Waals surface area contributed by atoms with E-state index in [2.05, 4.69) is 28.9 Å². The highest BCUT2D eigenvalue weighted by molar-refractivity contribution is 9.08. The van der Waals surface area contributed by atoms with E-state index >= 15 is 0 Å². The molecule has 0 aliphatic heterocycles. The van der Waals surface area contributed by atoms with Gasteiger partial charge in [-0.2, -0.15) is 0 Å². The molecule has 0 N–H and O–H groups in total. The molecular formula is C15H14BrClO. The molecule has 0 aromatic heterocycles. The van der Waals surface area contributed by atoms with Crippen molar-refractivity contribution in [3.63, 3.8) is 0 Å². The van der Waals surface area contributed by atoms with Gasteiger partial charge in [-0.1, -0.05) is 58.7 Å². The van der Waals surface area contributed by atoms with Crippen molar-refractivity contribution >= 4 is 27.5 Å². The van der Waals surface area contributed by atoms with Gasteiger partial charge in [0.05, 0.1) is 0 Å². The second-order valence-corrected chi connectivity index (χ2v) is 4.92. The highest BCUT2D eigenvalue weighted by Gasteiger charge is 2.05. The fraction of sp³-hybridized carbons (Fsp3) is 0.200. The lowest BCUT2D eigenvalue weighted by Crippen LogP contribution is -1.90. The first-order valence-corrected chi connectivity index (χ1v) is 7.34. The fourth-order valence-corrected chi connectivity index (χ4v) is 2.61. The highest BCUT2D eigenvalue weighted by atomic mass is 79.9. The smallest absolute Gasteiger partial charge is 0.130 e. The van der Waals surface area contributed by atoms with Gasteiger partial charge in [0.25, 0.3) is 0 Å². The fourth-order valence-electron chi connectivity index (χ4n) is 1.72. The van der Waals surface area contributed by atoms with Crippen LogP contribution in [0, 0.1) is 0 Å². The molecule has 0 amide bonds. The maximum absolute atomic E-state index is 6.16. The van der Waals surface area contributed by atoms with Gasteiger partial charge >= 0.3 is 0 Å². The van der Waals surface area contributed by atoms with Gasteiger partial charge in [0.2, 0.25) is 0 Å². The van der Waals surface area contributed by atoms with Crippen LogP contribution in [-0.2, 0) is 11.8 Å². The summed E-state index contributed by atoms with van der Waals surface area (Å²) in [6, 6.07) is 13.8. The minimum Gasteiger partial charge on any atom is -0.457 e. The van der Waals surface area contributed by atoms with Crippen molar-refractivity contribution in [3.05, 3.63) is 58.6 Å². The number of hydrogen-bond acceptors (Lipinski definition) is 1. The number of aryl methyl sites for hydroxylation is 1. The van der Waals surface area contributed by atoms with Crippen molar-refractivity contribution in [3.8, 4) is 11.5 Å². The third kappa shape index (κ3) is 3.06. The van der Waals surface area contributed by atoms with E-state index < -0.39 is 0 Å². The SMILES string of the molecule is CCc1ccccc1Oc1ccc(CBr)c(Cl)c1. The van der Waals surface area contributed by atoms with Crippen molar-refractivity contribution in [2.75, 3.05) is 0 Å². The maximum Gasteiger partial charge on any atom is 0.130 e. The summed E-state index contributed by atoms with van der Waals surface area (Å²) in [5.41, 5.74) is 2.26. The number of benzene rings is 2. The summed E-state index contributed by atoms with van der Waals surface area (Å²) < 4.78 is 5.88. The van der Waals surface area contributed by atoms with Crippen LogP contribution in [0.2, 0.25) is 5.02 Å². The lowest BCUT2D eigenvalue weighted by molar-refractivity contribution is 0.477. The second kappa shape index (κ2) is 6.26. The van der Waals surface area contributed by atoms with Gasteiger partial charge in [-0.05, 0) is 35.7 Å². The Kier molecular flexibility index (Phi) is 4.67. The Bertz CT molecular complexity index is 540. The first-order valence-electron chi connectivity index (χ1n) is 5.84. The van der Waals surface area contributed by atoms with Crippen molar-refractivity contribution in [1.29, 1.82) is 0 Å². The molecule has 2 aromatic rings. The van der Waals surface area contributed by atoms with Crippen molar-refractivity contribution in [2.24, 2.45) is 0 Å². The summed E-state index contributed by atoms with van der Waals surface area (Å²) in [5, 5.41) is 1.47. The monoisotopic (exact) mass is 324 g/mol. The lowest BCUT2D eigenvalue weighted by Gasteiger charge is -2.11. The molecule has 0 heterocycles. The molecule has 0 fully saturated rings. The van der Waals surface area contributed by atoms with Crippen LogP contribution in [0.3, 0.4) is 0 Å². The Balaban J connectivity index is 2.26. The second-order valence-electron chi connectivity index (χ2n) is 3.95. The third-order valence-electron chi connectivity index (χ3n) is 2.75. The molecule has 0 atom stereocenters. The minimum atomic E-state index is 0.721. The van der Waals surface area contributed by atoms with E-state index in [-0.39, 0.29) is 0 Å². The topological polar surface area (TPSA) is 9.23 Å². The van der Waals surface area contributed by atoms with Gasteiger partial charge < -0.3 is 4.74 Å². The number of ether oxygens (including phenoxy) is 1. The van der Waals surface area contributed by atoms with Crippen LogP contribution >= 0.6 is 27.5 Å². The molecule has 0 aliphatic carbocycles. The normalized spacial score (nSPS) is 10.4. The molecule has 0 radical (unpaired) electrons. The van der Waals surface area contributed by atoms with E-state index in [0.717, 1.165) is 33.8 Å². The molecule has 0 aliphatic rings. The van der Waals surface area contributed by atoms with Gasteiger partial charge in [0.15, 0.2) is 0 Å². The summed E-state index contributed by atoms with van der Waals surface area (Å²) in [6.07, 6.45) is 0.948. The largest absolute Gasteiger partial charge is 0.457 e. The molecule has 0 bridgehead atoms. The van der Waals surface area contributed by atoms with Crippen LogP contribution in [0.5, 0.6) is 11.5 Å². The Morgan fingerprint density at radius 1 is 1.11 bits per heavy atom. The van der Waals surface area contributed by atoms with Crippen LogP contribution in [0.4, 0.5) is 0 Å². The predicted octanol–water partition coefficient (Wildman–Crippen LogP) is 5.59. The molecule has 94 valence electrons. The summed E-state index contributed by atoms with van der Waals surface area (Å²) in [6.45, 7) is 2.11. The Morgan fingerprint density at radius 3 is 2.56 bits per heavy atom. The van der Waals surface area contributed by atoms with Gasteiger partial charge in [0.1, 0.15) is 11.5 Å². The van der Waals surface area contributed by atoms with Gasteiger partial charge in [-0.15, -0.1) is 0 Å². The van der Waals surface area contributed by atoms with Gasteiger partial charge in [-0.3, -0.25) is 0 Å². The Morgan fingerprint density at radius 2 is 1.89 bits per heavy atom. The van der Waals surface area contributed by atoms with E-state index in [4.69, 9.17) is 16.3 Å². The van der Waals surface area contributed by atoms with E-state index in [1.54, 1.807) is 0 Å². The number of hydrogen-bond donors (Lipinski definition) is 0. The lowest BCUT2D eigenvalue weighted by atomic mass is 10.1. The summed E-state index contributed by atoms with van der Waals surface area (Å²) in [4.78, 5) is 0. The summed E-state index contributed by atoms with van der Waals surface area (Å²) in [7, 11) is 0.